The van der Waals surface area contributed by atoms with Crippen LogP contribution in [0.1, 0.15) is 5.56 Å². The Balaban J connectivity index is 2.31. The molecule has 0 aliphatic carbocycles. The van der Waals surface area contributed by atoms with Gasteiger partial charge in [0.05, 0.1) is 16.4 Å². The van der Waals surface area contributed by atoms with Gasteiger partial charge >= 0.3 is 0 Å². The fourth-order valence-corrected chi connectivity index (χ4v) is 2.91. The highest BCUT2D eigenvalue weighted by Gasteiger charge is 2.12. The topological polar surface area (TPSA) is 34.9 Å². The average Bonchev–Trinajstić information content (AvgIpc) is 2.56. The summed E-state index contributed by atoms with van der Waals surface area (Å²) in [6, 6.07) is 17.9. The van der Waals surface area contributed by atoms with Gasteiger partial charge in [-0.3, -0.25) is 9.78 Å². The summed E-state index contributed by atoms with van der Waals surface area (Å²) in [6.07, 6.45) is 3.37. The van der Waals surface area contributed by atoms with E-state index < -0.39 is 0 Å². The lowest BCUT2D eigenvalue weighted by molar-refractivity contribution is 1.15. The Morgan fingerprint density at radius 3 is 2.55 bits per heavy atom. The van der Waals surface area contributed by atoms with Gasteiger partial charge in [-0.1, -0.05) is 24.3 Å². The van der Waals surface area contributed by atoms with E-state index >= 15 is 0 Å². The van der Waals surface area contributed by atoms with Crippen molar-refractivity contribution in [3.05, 3.63) is 82.8 Å². The van der Waals surface area contributed by atoms with E-state index in [0.29, 0.717) is 5.39 Å². The largest absolute Gasteiger partial charge is 0.309 e. The van der Waals surface area contributed by atoms with Gasteiger partial charge in [0.15, 0.2) is 5.43 Å². The molecule has 22 heavy (non-hydrogen) atoms. The highest BCUT2D eigenvalue weighted by molar-refractivity contribution is 5.95. The van der Waals surface area contributed by atoms with Gasteiger partial charge in [-0.05, 0) is 42.8 Å². The third-order valence-electron chi connectivity index (χ3n) is 3.94. The molecule has 0 radical (unpaired) electrons. The molecule has 0 fully saturated rings. The number of benzene rings is 2. The number of nitrogens with zero attached hydrogens (tertiary/aromatic N) is 2. The van der Waals surface area contributed by atoms with Crippen molar-refractivity contribution in [2.24, 2.45) is 0 Å². The van der Waals surface area contributed by atoms with E-state index in [2.05, 4.69) is 15.6 Å². The van der Waals surface area contributed by atoms with E-state index in [1.54, 1.807) is 12.4 Å². The number of hydrogen-bond donors (Lipinski definition) is 0. The molecule has 0 saturated carbocycles. The first-order valence-corrected chi connectivity index (χ1v) is 7.20. The van der Waals surface area contributed by atoms with Crippen LogP contribution in [0.15, 0.2) is 71.8 Å². The second-order valence-corrected chi connectivity index (χ2v) is 5.41. The lowest BCUT2D eigenvalue weighted by atomic mass is 10.1. The number of aryl methyl sites for hydroxylation is 1. The molecule has 3 nitrogen and oxygen atoms in total. The van der Waals surface area contributed by atoms with Crippen LogP contribution in [0.4, 0.5) is 0 Å². The second-order valence-electron chi connectivity index (χ2n) is 5.41. The Kier molecular flexibility index (Phi) is 2.79. The van der Waals surface area contributed by atoms with Gasteiger partial charge in [-0.15, -0.1) is 0 Å². The van der Waals surface area contributed by atoms with Gasteiger partial charge in [-0.2, -0.15) is 0 Å². The molecule has 0 aliphatic rings. The number of para-hydroxylation sites is 1. The van der Waals surface area contributed by atoms with Crippen molar-refractivity contribution < 1.29 is 0 Å². The Bertz CT molecular complexity index is 1050. The summed E-state index contributed by atoms with van der Waals surface area (Å²) in [5, 5.41) is 1.36. The molecule has 4 rings (SSSR count). The summed E-state index contributed by atoms with van der Waals surface area (Å²) in [7, 11) is 0. The maximum absolute atomic E-state index is 12.7. The van der Waals surface area contributed by atoms with Crippen LogP contribution in [-0.2, 0) is 0 Å². The van der Waals surface area contributed by atoms with E-state index in [1.165, 1.54) is 0 Å². The van der Waals surface area contributed by atoms with Gasteiger partial charge in [-0.25, -0.2) is 0 Å². The Hall–Kier alpha value is -2.94. The molecule has 0 amide bonds. The molecule has 0 saturated heterocycles. The molecule has 2 heterocycles. The van der Waals surface area contributed by atoms with Crippen LogP contribution in [0.5, 0.6) is 0 Å². The minimum Gasteiger partial charge on any atom is -0.309 e. The predicted octanol–water partition coefficient (Wildman–Crippen LogP) is 3.85. The zero-order valence-electron chi connectivity index (χ0n) is 12.2. The predicted molar refractivity (Wildman–Crippen MR) is 89.6 cm³/mol. The lowest BCUT2D eigenvalue weighted by Crippen LogP contribution is -2.10. The zero-order chi connectivity index (χ0) is 15.1. The zero-order valence-corrected chi connectivity index (χ0v) is 12.2. The quantitative estimate of drug-likeness (QED) is 0.498. The van der Waals surface area contributed by atoms with Crippen molar-refractivity contribution in [3.8, 4) is 5.69 Å². The summed E-state index contributed by atoms with van der Waals surface area (Å²) < 4.78 is 2.13. The third-order valence-corrected chi connectivity index (χ3v) is 3.94. The van der Waals surface area contributed by atoms with E-state index in [9.17, 15) is 4.79 Å². The fraction of sp³-hybridized carbons (Fsp3) is 0.0526. The van der Waals surface area contributed by atoms with Gasteiger partial charge in [0.2, 0.25) is 0 Å². The second kappa shape index (κ2) is 4.81. The summed E-state index contributed by atoms with van der Waals surface area (Å²) in [5.41, 5.74) is 4.00. The normalized spacial score (nSPS) is 11.1. The van der Waals surface area contributed by atoms with Crippen LogP contribution in [0.3, 0.4) is 0 Å². The Morgan fingerprint density at radius 1 is 0.909 bits per heavy atom. The molecule has 0 atom stereocenters. The van der Waals surface area contributed by atoms with Gasteiger partial charge in [0, 0.05) is 23.5 Å². The molecule has 0 N–H and O–H groups in total. The SMILES string of the molecule is Cc1ccc2c(=O)c3cnccc3n(-c3ccccc3)c2c1. The first-order chi connectivity index (χ1) is 10.8. The summed E-state index contributed by atoms with van der Waals surface area (Å²) in [4.78, 5) is 16.8. The number of hydrogen-bond acceptors (Lipinski definition) is 2. The molecule has 3 heteroatoms. The van der Waals surface area contributed by atoms with E-state index in [4.69, 9.17) is 0 Å². The maximum Gasteiger partial charge on any atom is 0.198 e. The maximum atomic E-state index is 12.7. The molecule has 0 spiro atoms. The van der Waals surface area contributed by atoms with Crippen molar-refractivity contribution in [1.29, 1.82) is 0 Å². The van der Waals surface area contributed by atoms with Crippen LogP contribution in [0.2, 0.25) is 0 Å². The smallest absolute Gasteiger partial charge is 0.198 e. The number of rotatable bonds is 1. The molecule has 0 unspecified atom stereocenters. The van der Waals surface area contributed by atoms with Crippen molar-refractivity contribution in [3.63, 3.8) is 0 Å². The molecule has 0 bridgehead atoms. The van der Waals surface area contributed by atoms with Crippen molar-refractivity contribution in [1.82, 2.24) is 9.55 Å². The first-order valence-electron chi connectivity index (χ1n) is 7.20. The highest BCUT2D eigenvalue weighted by Crippen LogP contribution is 2.23. The van der Waals surface area contributed by atoms with Crippen LogP contribution in [0, 0.1) is 6.92 Å². The fourth-order valence-electron chi connectivity index (χ4n) is 2.91. The minimum atomic E-state index is 0.0327. The van der Waals surface area contributed by atoms with Gasteiger partial charge in [0.25, 0.3) is 0 Å². The van der Waals surface area contributed by atoms with Crippen molar-refractivity contribution in [2.75, 3.05) is 0 Å². The summed E-state index contributed by atoms with van der Waals surface area (Å²) in [6.45, 7) is 2.04. The highest BCUT2D eigenvalue weighted by atomic mass is 16.1. The summed E-state index contributed by atoms with van der Waals surface area (Å²) >= 11 is 0. The van der Waals surface area contributed by atoms with Crippen molar-refractivity contribution in [2.45, 2.75) is 6.92 Å². The van der Waals surface area contributed by atoms with Crippen LogP contribution >= 0.6 is 0 Å². The molecule has 4 aromatic rings. The molecular formula is C19H14N2O. The van der Waals surface area contributed by atoms with Crippen LogP contribution in [-0.4, -0.2) is 9.55 Å². The molecule has 2 aromatic carbocycles. The number of pyridine rings is 2. The van der Waals surface area contributed by atoms with Crippen LogP contribution < -0.4 is 5.43 Å². The van der Waals surface area contributed by atoms with Crippen LogP contribution in [0.25, 0.3) is 27.5 Å². The minimum absolute atomic E-state index is 0.0327. The first kappa shape index (κ1) is 12.8. The van der Waals surface area contributed by atoms with E-state index in [0.717, 1.165) is 27.7 Å². The standard InChI is InChI=1S/C19H14N2O/c1-13-7-8-15-18(11-13)21(14-5-3-2-4-6-14)17-9-10-20-12-16(17)19(15)22/h2-12H,1H3. The number of fused-ring (bicyclic) bond motifs is 2. The molecule has 106 valence electrons. The third kappa shape index (κ3) is 1.83. The molecular weight excluding hydrogens is 272 g/mol. The summed E-state index contributed by atoms with van der Waals surface area (Å²) in [5.74, 6) is 0. The Morgan fingerprint density at radius 2 is 1.73 bits per heavy atom. The van der Waals surface area contributed by atoms with Gasteiger partial charge < -0.3 is 4.57 Å². The van der Waals surface area contributed by atoms with E-state index in [-0.39, 0.29) is 5.43 Å². The average molecular weight is 286 g/mol. The van der Waals surface area contributed by atoms with E-state index in [1.807, 2.05) is 55.5 Å². The van der Waals surface area contributed by atoms with Gasteiger partial charge in [0.1, 0.15) is 0 Å². The monoisotopic (exact) mass is 286 g/mol. The lowest BCUT2D eigenvalue weighted by Gasteiger charge is -2.15. The molecule has 2 aromatic heterocycles. The Labute approximate surface area is 127 Å². The molecule has 0 aliphatic heterocycles. The number of aromatic nitrogens is 2. The van der Waals surface area contributed by atoms with Crippen molar-refractivity contribution >= 4 is 21.8 Å².